The quantitative estimate of drug-likeness (QED) is 0.452. The second-order valence-electron chi connectivity index (χ2n) is 5.24. The molecule has 0 saturated heterocycles. The lowest BCUT2D eigenvalue weighted by Gasteiger charge is -2.07. The third-order valence-electron chi connectivity index (χ3n) is 3.53. The summed E-state index contributed by atoms with van der Waals surface area (Å²) in [6, 6.07) is 12.1. The molecule has 0 saturated carbocycles. The van der Waals surface area contributed by atoms with E-state index < -0.39 is 0 Å². The van der Waals surface area contributed by atoms with Crippen molar-refractivity contribution in [3.63, 3.8) is 0 Å². The molecule has 23 heavy (non-hydrogen) atoms. The number of nitrogens with zero attached hydrogens (tertiary/aromatic N) is 2. The molecule has 0 spiro atoms. The summed E-state index contributed by atoms with van der Waals surface area (Å²) in [6.45, 7) is 2.55. The van der Waals surface area contributed by atoms with Crippen LogP contribution in [-0.4, -0.2) is 24.2 Å². The van der Waals surface area contributed by atoms with Crippen LogP contribution in [0, 0.1) is 5.82 Å². The molecule has 1 N–H and O–H groups in total. The van der Waals surface area contributed by atoms with Crippen molar-refractivity contribution in [2.45, 2.75) is 26.2 Å². The van der Waals surface area contributed by atoms with Crippen molar-refractivity contribution in [1.29, 1.82) is 0 Å². The minimum atomic E-state index is -0.174. The van der Waals surface area contributed by atoms with Crippen LogP contribution in [0.25, 0.3) is 11.1 Å². The molecule has 2 rings (SSSR count). The molecule has 0 fully saturated rings. The van der Waals surface area contributed by atoms with Crippen LogP contribution in [0.2, 0.25) is 0 Å². The smallest absolute Gasteiger partial charge is 0.126 e. The average Bonchev–Trinajstić information content (AvgIpc) is 2.56. The van der Waals surface area contributed by atoms with Crippen molar-refractivity contribution in [1.82, 2.24) is 0 Å². The van der Waals surface area contributed by atoms with E-state index in [-0.39, 0.29) is 11.6 Å². The largest absolute Gasteiger partial charge is 0.508 e. The Kier molecular flexibility index (Phi) is 6.48. The van der Waals surface area contributed by atoms with Crippen LogP contribution in [0.3, 0.4) is 0 Å². The average molecular weight is 312 g/mol. The van der Waals surface area contributed by atoms with Gasteiger partial charge in [-0.1, -0.05) is 18.2 Å². The Morgan fingerprint density at radius 3 is 2.52 bits per heavy atom. The van der Waals surface area contributed by atoms with Gasteiger partial charge in [0.15, 0.2) is 0 Å². The van der Waals surface area contributed by atoms with Gasteiger partial charge in [-0.15, -0.1) is 0 Å². The first-order valence-electron chi connectivity index (χ1n) is 7.74. The van der Waals surface area contributed by atoms with E-state index in [0.717, 1.165) is 24.0 Å². The van der Waals surface area contributed by atoms with Crippen molar-refractivity contribution < 1.29 is 9.50 Å². The molecule has 0 radical (unpaired) electrons. The number of halogens is 1. The number of aliphatic imine (C=N–C) groups is 2. The Hall–Kier alpha value is -2.49. The van der Waals surface area contributed by atoms with E-state index in [0.29, 0.717) is 18.5 Å². The second-order valence-corrected chi connectivity index (χ2v) is 5.24. The van der Waals surface area contributed by atoms with Gasteiger partial charge in [0.05, 0.1) is 0 Å². The zero-order valence-corrected chi connectivity index (χ0v) is 13.2. The van der Waals surface area contributed by atoms with E-state index in [1.54, 1.807) is 30.8 Å². The first-order chi connectivity index (χ1) is 11.2. The van der Waals surface area contributed by atoms with Crippen molar-refractivity contribution in [2.24, 2.45) is 9.98 Å². The van der Waals surface area contributed by atoms with Gasteiger partial charge in [-0.25, -0.2) is 9.38 Å². The van der Waals surface area contributed by atoms with E-state index in [2.05, 4.69) is 9.98 Å². The van der Waals surface area contributed by atoms with E-state index in [9.17, 15) is 9.50 Å². The summed E-state index contributed by atoms with van der Waals surface area (Å²) in [7, 11) is 0. The molecule has 0 aliphatic heterocycles. The van der Waals surface area contributed by atoms with E-state index in [4.69, 9.17) is 0 Å². The fraction of sp³-hybridized carbons (Fsp3) is 0.263. The van der Waals surface area contributed by atoms with Crippen molar-refractivity contribution in [3.05, 3.63) is 53.8 Å². The van der Waals surface area contributed by atoms with E-state index in [1.807, 2.05) is 25.1 Å². The molecular weight excluding hydrogens is 291 g/mol. The number of phenolic OH excluding ortho intramolecular Hbond substituents is 1. The van der Waals surface area contributed by atoms with Crippen molar-refractivity contribution in [2.75, 3.05) is 6.54 Å². The zero-order chi connectivity index (χ0) is 16.5. The van der Waals surface area contributed by atoms with Crippen LogP contribution in [0.1, 0.15) is 25.3 Å². The summed E-state index contributed by atoms with van der Waals surface area (Å²) >= 11 is 0. The molecule has 0 amide bonds. The fourth-order valence-corrected chi connectivity index (χ4v) is 2.29. The van der Waals surface area contributed by atoms with Crippen LogP contribution >= 0.6 is 0 Å². The topological polar surface area (TPSA) is 45.0 Å². The molecule has 0 aromatic heterocycles. The molecule has 2 aromatic rings. The van der Waals surface area contributed by atoms with Gasteiger partial charge in [0.25, 0.3) is 0 Å². The molecule has 0 aliphatic rings. The van der Waals surface area contributed by atoms with Gasteiger partial charge in [-0.3, -0.25) is 4.99 Å². The molecule has 0 aliphatic carbocycles. The maximum absolute atomic E-state index is 13.9. The van der Waals surface area contributed by atoms with Gasteiger partial charge in [-0.05, 0) is 67.1 Å². The molecule has 3 nitrogen and oxygen atoms in total. The van der Waals surface area contributed by atoms with E-state index in [1.165, 1.54) is 6.07 Å². The summed E-state index contributed by atoms with van der Waals surface area (Å²) in [4.78, 5) is 8.05. The molecule has 0 unspecified atom stereocenters. The van der Waals surface area contributed by atoms with Gasteiger partial charge in [0.1, 0.15) is 17.9 Å². The summed E-state index contributed by atoms with van der Waals surface area (Å²) in [5, 5.41) is 9.34. The minimum Gasteiger partial charge on any atom is -0.508 e. The molecule has 0 bridgehead atoms. The lowest BCUT2D eigenvalue weighted by atomic mass is 10.00. The Labute approximate surface area is 136 Å². The highest BCUT2D eigenvalue weighted by atomic mass is 19.1. The molecule has 0 heterocycles. The molecule has 0 atom stereocenters. The predicted molar refractivity (Wildman–Crippen MR) is 94.0 cm³/mol. The summed E-state index contributed by atoms with van der Waals surface area (Å²) in [5.41, 5.74) is 2.63. The van der Waals surface area contributed by atoms with Crippen molar-refractivity contribution in [3.8, 4) is 16.9 Å². The van der Waals surface area contributed by atoms with Gasteiger partial charge in [0, 0.05) is 12.8 Å². The SMILES string of the molecule is CC=NC=NCCCCc1cc(-c2ccc(O)cc2)ccc1F. The third-order valence-corrected chi connectivity index (χ3v) is 3.53. The zero-order valence-electron chi connectivity index (χ0n) is 13.2. The van der Waals surface area contributed by atoms with Gasteiger partial charge >= 0.3 is 0 Å². The van der Waals surface area contributed by atoms with Gasteiger partial charge < -0.3 is 5.11 Å². The van der Waals surface area contributed by atoms with Crippen LogP contribution < -0.4 is 0 Å². The number of hydrogen-bond acceptors (Lipinski definition) is 2. The summed E-state index contributed by atoms with van der Waals surface area (Å²) in [6.07, 6.45) is 5.70. The van der Waals surface area contributed by atoms with Crippen LogP contribution in [0.5, 0.6) is 5.75 Å². The highest BCUT2D eigenvalue weighted by Crippen LogP contribution is 2.24. The van der Waals surface area contributed by atoms with Crippen molar-refractivity contribution >= 4 is 12.6 Å². The number of unbranched alkanes of at least 4 members (excludes halogenated alkanes) is 1. The Balaban J connectivity index is 1.96. The third kappa shape index (κ3) is 5.33. The fourth-order valence-electron chi connectivity index (χ4n) is 2.29. The number of phenols is 1. The highest BCUT2D eigenvalue weighted by molar-refractivity contribution is 5.70. The molecule has 4 heteroatoms. The predicted octanol–water partition coefficient (Wildman–Crippen LogP) is 4.64. The number of hydrogen-bond donors (Lipinski definition) is 1. The lowest BCUT2D eigenvalue weighted by molar-refractivity contribution is 0.475. The minimum absolute atomic E-state index is 0.174. The second kappa shape index (κ2) is 8.83. The first-order valence-corrected chi connectivity index (χ1v) is 7.74. The van der Waals surface area contributed by atoms with Crippen LogP contribution in [0.15, 0.2) is 52.4 Å². The maximum Gasteiger partial charge on any atom is 0.126 e. The number of benzene rings is 2. The molecule has 2 aromatic carbocycles. The summed E-state index contributed by atoms with van der Waals surface area (Å²) in [5.74, 6) is 0.0515. The standard InChI is InChI=1S/C19H21FN2O/c1-2-21-14-22-12-4-3-5-17-13-16(8-11-19(17)20)15-6-9-18(23)10-7-15/h2,6-11,13-14,23H,3-5,12H2,1H3. The maximum atomic E-state index is 13.9. The van der Waals surface area contributed by atoms with Crippen LogP contribution in [-0.2, 0) is 6.42 Å². The number of aryl methyl sites for hydroxylation is 1. The number of rotatable bonds is 7. The van der Waals surface area contributed by atoms with Gasteiger partial charge in [0.2, 0.25) is 0 Å². The van der Waals surface area contributed by atoms with E-state index >= 15 is 0 Å². The van der Waals surface area contributed by atoms with Gasteiger partial charge in [-0.2, -0.15) is 0 Å². The Morgan fingerprint density at radius 1 is 1.04 bits per heavy atom. The summed E-state index contributed by atoms with van der Waals surface area (Å²) < 4.78 is 13.9. The number of aromatic hydroxyl groups is 1. The highest BCUT2D eigenvalue weighted by Gasteiger charge is 2.05. The lowest BCUT2D eigenvalue weighted by Crippen LogP contribution is -1.93. The monoisotopic (exact) mass is 312 g/mol. The van der Waals surface area contributed by atoms with Crippen LogP contribution in [0.4, 0.5) is 4.39 Å². The molecule has 120 valence electrons. The Morgan fingerprint density at radius 2 is 1.78 bits per heavy atom. The molecular formula is C19H21FN2O. The first kappa shape index (κ1) is 16.9. The Bertz CT molecular complexity index is 678. The normalized spacial score (nSPS) is 11.6.